The lowest BCUT2D eigenvalue weighted by Gasteiger charge is -2.35. The SMILES string of the molecule is CNC(=O)[C@@H]1CN(CC(=O)Nc2ccc(OC)c(OC)c2)c2ccccc2O1. The van der Waals surface area contributed by atoms with Crippen LogP contribution >= 0.6 is 0 Å². The number of methoxy groups -OCH3 is 2. The molecule has 2 aromatic carbocycles. The van der Waals surface area contributed by atoms with E-state index in [-0.39, 0.29) is 24.9 Å². The van der Waals surface area contributed by atoms with Gasteiger partial charge in [0.2, 0.25) is 5.91 Å². The summed E-state index contributed by atoms with van der Waals surface area (Å²) in [4.78, 5) is 26.5. The van der Waals surface area contributed by atoms with Gasteiger partial charge in [-0.05, 0) is 24.3 Å². The Morgan fingerprint density at radius 2 is 1.89 bits per heavy atom. The second-order valence-electron chi connectivity index (χ2n) is 6.19. The molecule has 2 amide bonds. The average molecular weight is 385 g/mol. The Labute approximate surface area is 163 Å². The molecule has 0 radical (unpaired) electrons. The molecular formula is C20H23N3O5. The van der Waals surface area contributed by atoms with E-state index in [0.29, 0.717) is 22.9 Å². The largest absolute Gasteiger partial charge is 0.493 e. The van der Waals surface area contributed by atoms with Gasteiger partial charge in [-0.3, -0.25) is 9.59 Å². The Bertz CT molecular complexity index is 871. The third kappa shape index (κ3) is 4.11. The van der Waals surface area contributed by atoms with Gasteiger partial charge in [0.1, 0.15) is 5.75 Å². The molecule has 0 spiro atoms. The molecule has 1 atom stereocenters. The van der Waals surface area contributed by atoms with Gasteiger partial charge in [0.15, 0.2) is 17.6 Å². The van der Waals surface area contributed by atoms with Crippen LogP contribution in [0.5, 0.6) is 17.2 Å². The number of hydrogen-bond donors (Lipinski definition) is 2. The summed E-state index contributed by atoms with van der Waals surface area (Å²) in [7, 11) is 4.64. The van der Waals surface area contributed by atoms with Crippen molar-refractivity contribution in [1.82, 2.24) is 5.32 Å². The number of ether oxygens (including phenoxy) is 3. The van der Waals surface area contributed by atoms with Gasteiger partial charge in [-0.1, -0.05) is 12.1 Å². The number of carbonyl (C=O) groups excluding carboxylic acids is 2. The molecule has 0 aromatic heterocycles. The number of rotatable bonds is 6. The second kappa shape index (κ2) is 8.51. The van der Waals surface area contributed by atoms with Crippen molar-refractivity contribution < 1.29 is 23.8 Å². The van der Waals surface area contributed by atoms with Gasteiger partial charge in [-0.15, -0.1) is 0 Å². The first-order valence-electron chi connectivity index (χ1n) is 8.79. The van der Waals surface area contributed by atoms with E-state index in [2.05, 4.69) is 10.6 Å². The van der Waals surface area contributed by atoms with Crippen LogP contribution in [0.15, 0.2) is 42.5 Å². The van der Waals surface area contributed by atoms with Gasteiger partial charge >= 0.3 is 0 Å². The second-order valence-corrected chi connectivity index (χ2v) is 6.19. The fraction of sp³-hybridized carbons (Fsp3) is 0.300. The summed E-state index contributed by atoms with van der Waals surface area (Å²) in [5.74, 6) is 1.22. The zero-order valence-electron chi connectivity index (χ0n) is 16.0. The molecule has 0 bridgehead atoms. The number of hydrogen-bond acceptors (Lipinski definition) is 6. The zero-order valence-corrected chi connectivity index (χ0v) is 16.0. The van der Waals surface area contributed by atoms with Gasteiger partial charge in [0.25, 0.3) is 5.91 Å². The van der Waals surface area contributed by atoms with Crippen molar-refractivity contribution in [2.24, 2.45) is 0 Å². The van der Waals surface area contributed by atoms with E-state index < -0.39 is 6.10 Å². The van der Waals surface area contributed by atoms with Crippen LogP contribution in [0.4, 0.5) is 11.4 Å². The molecular weight excluding hydrogens is 362 g/mol. The van der Waals surface area contributed by atoms with Crippen LogP contribution in [-0.2, 0) is 9.59 Å². The van der Waals surface area contributed by atoms with E-state index in [0.717, 1.165) is 5.69 Å². The van der Waals surface area contributed by atoms with Crippen LogP contribution in [0.25, 0.3) is 0 Å². The molecule has 1 aliphatic heterocycles. The highest BCUT2D eigenvalue weighted by atomic mass is 16.5. The van der Waals surface area contributed by atoms with Gasteiger partial charge in [0, 0.05) is 18.8 Å². The number of benzene rings is 2. The standard InChI is InChI=1S/C20H23N3O5/c1-21-20(25)18-11-23(14-6-4-5-7-15(14)28-18)12-19(24)22-13-8-9-16(26-2)17(10-13)27-3/h4-10,18H,11-12H2,1-3H3,(H,21,25)(H,22,24)/t18-/m0/s1. The summed E-state index contributed by atoms with van der Waals surface area (Å²) in [5.41, 5.74) is 1.36. The number of nitrogens with one attached hydrogen (secondary N) is 2. The van der Waals surface area contributed by atoms with Gasteiger partial charge in [-0.25, -0.2) is 0 Å². The van der Waals surface area contributed by atoms with Crippen molar-refractivity contribution in [1.29, 1.82) is 0 Å². The first-order chi connectivity index (χ1) is 13.5. The molecule has 0 aliphatic carbocycles. The minimum Gasteiger partial charge on any atom is -0.493 e. The van der Waals surface area contributed by atoms with E-state index in [4.69, 9.17) is 14.2 Å². The summed E-state index contributed by atoms with van der Waals surface area (Å²) in [5, 5.41) is 5.43. The number of anilines is 2. The number of nitrogens with zero attached hydrogens (tertiary/aromatic N) is 1. The van der Waals surface area contributed by atoms with Crippen molar-refractivity contribution >= 4 is 23.2 Å². The number of fused-ring (bicyclic) bond motifs is 1. The number of carbonyl (C=O) groups is 2. The molecule has 0 unspecified atom stereocenters. The first kappa shape index (κ1) is 19.3. The highest BCUT2D eigenvalue weighted by Crippen LogP contribution is 2.33. The van der Waals surface area contributed by atoms with Crippen molar-refractivity contribution in [3.8, 4) is 17.2 Å². The number of para-hydroxylation sites is 2. The highest BCUT2D eigenvalue weighted by molar-refractivity contribution is 5.95. The van der Waals surface area contributed by atoms with Gasteiger partial charge in [-0.2, -0.15) is 0 Å². The minimum absolute atomic E-state index is 0.0716. The predicted molar refractivity (Wildman–Crippen MR) is 105 cm³/mol. The van der Waals surface area contributed by atoms with Crippen LogP contribution in [0.2, 0.25) is 0 Å². The van der Waals surface area contributed by atoms with E-state index in [1.54, 1.807) is 38.4 Å². The molecule has 0 saturated carbocycles. The predicted octanol–water partition coefficient (Wildman–Crippen LogP) is 1.66. The number of likely N-dealkylation sites (N-methyl/N-ethyl adjacent to an activating group) is 1. The van der Waals surface area contributed by atoms with Crippen LogP contribution in [0.1, 0.15) is 0 Å². The fourth-order valence-corrected chi connectivity index (χ4v) is 3.04. The maximum atomic E-state index is 12.6. The molecule has 1 aliphatic rings. The monoisotopic (exact) mass is 385 g/mol. The Balaban J connectivity index is 1.75. The van der Waals surface area contributed by atoms with Crippen LogP contribution in [0.3, 0.4) is 0 Å². The van der Waals surface area contributed by atoms with Crippen molar-refractivity contribution in [3.63, 3.8) is 0 Å². The molecule has 8 heteroatoms. The summed E-state index contributed by atoms with van der Waals surface area (Å²) >= 11 is 0. The molecule has 2 aromatic rings. The maximum absolute atomic E-state index is 12.6. The minimum atomic E-state index is -0.686. The fourth-order valence-electron chi connectivity index (χ4n) is 3.04. The van der Waals surface area contributed by atoms with Gasteiger partial charge < -0.3 is 29.7 Å². The molecule has 0 fully saturated rings. The third-order valence-corrected chi connectivity index (χ3v) is 4.40. The lowest BCUT2D eigenvalue weighted by atomic mass is 10.1. The average Bonchev–Trinajstić information content (AvgIpc) is 2.72. The van der Waals surface area contributed by atoms with Gasteiger partial charge in [0.05, 0.1) is 33.0 Å². The first-order valence-corrected chi connectivity index (χ1v) is 8.79. The third-order valence-electron chi connectivity index (χ3n) is 4.40. The summed E-state index contributed by atoms with van der Waals surface area (Å²) in [6, 6.07) is 12.5. The highest BCUT2D eigenvalue weighted by Gasteiger charge is 2.31. The van der Waals surface area contributed by atoms with E-state index >= 15 is 0 Å². The summed E-state index contributed by atoms with van der Waals surface area (Å²) in [6.45, 7) is 0.345. The quantitative estimate of drug-likeness (QED) is 0.786. The summed E-state index contributed by atoms with van der Waals surface area (Å²) in [6.07, 6.45) is -0.686. The smallest absolute Gasteiger partial charge is 0.262 e. The lowest BCUT2D eigenvalue weighted by molar-refractivity contribution is -0.127. The van der Waals surface area contributed by atoms with Crippen molar-refractivity contribution in [3.05, 3.63) is 42.5 Å². The lowest BCUT2D eigenvalue weighted by Crippen LogP contribution is -2.50. The maximum Gasteiger partial charge on any atom is 0.262 e. The molecule has 0 saturated heterocycles. The Kier molecular flexibility index (Phi) is 5.88. The van der Waals surface area contributed by atoms with Crippen molar-refractivity contribution in [2.45, 2.75) is 6.10 Å². The van der Waals surface area contributed by atoms with Crippen molar-refractivity contribution in [2.75, 3.05) is 44.6 Å². The molecule has 1 heterocycles. The zero-order chi connectivity index (χ0) is 20.1. The molecule has 3 rings (SSSR count). The normalized spacial score (nSPS) is 15.1. The van der Waals surface area contributed by atoms with Crippen LogP contribution in [-0.4, -0.2) is 52.3 Å². The molecule has 148 valence electrons. The van der Waals surface area contributed by atoms with E-state index in [9.17, 15) is 9.59 Å². The Morgan fingerprint density at radius 3 is 2.61 bits per heavy atom. The molecule has 2 N–H and O–H groups in total. The Morgan fingerprint density at radius 1 is 1.14 bits per heavy atom. The summed E-state index contributed by atoms with van der Waals surface area (Å²) < 4.78 is 16.2. The number of amides is 2. The Hall–Kier alpha value is -3.42. The molecule has 8 nitrogen and oxygen atoms in total. The van der Waals surface area contributed by atoms with E-state index in [1.807, 2.05) is 23.1 Å². The molecule has 28 heavy (non-hydrogen) atoms. The van der Waals surface area contributed by atoms with Crippen LogP contribution in [0, 0.1) is 0 Å². The van der Waals surface area contributed by atoms with E-state index in [1.165, 1.54) is 7.11 Å². The topological polar surface area (TPSA) is 89.1 Å². The van der Waals surface area contributed by atoms with Crippen LogP contribution < -0.4 is 29.7 Å².